The third kappa shape index (κ3) is 3.17. The van der Waals surface area contributed by atoms with Crippen LogP contribution in [0.5, 0.6) is 0 Å². The van der Waals surface area contributed by atoms with Crippen LogP contribution < -0.4 is 5.32 Å². The quantitative estimate of drug-likeness (QED) is 0.702. The first kappa shape index (κ1) is 15.0. The Morgan fingerprint density at radius 3 is 2.65 bits per heavy atom. The molecule has 0 radical (unpaired) electrons. The van der Waals surface area contributed by atoms with Gasteiger partial charge in [-0.1, -0.05) is 6.92 Å². The van der Waals surface area contributed by atoms with E-state index in [1.165, 1.54) is 4.90 Å². The molecule has 0 bridgehead atoms. The molecule has 112 valence electrons. The molecule has 0 aliphatic carbocycles. The molecular weight excluding hydrogens is 258 g/mol. The highest BCUT2D eigenvalue weighted by molar-refractivity contribution is 6.05. The highest BCUT2D eigenvalue weighted by Crippen LogP contribution is 2.15. The summed E-state index contributed by atoms with van der Waals surface area (Å²) >= 11 is 0. The minimum Gasteiger partial charge on any atom is -0.341 e. The monoisotopic (exact) mass is 281 g/mol. The molecule has 3 amide bonds. The molecule has 0 spiro atoms. The smallest absolute Gasteiger partial charge is 0.246 e. The Bertz CT molecular complexity index is 410. The number of carbonyl (C=O) groups excluding carboxylic acids is 3. The number of nitrogens with zero attached hydrogens (tertiary/aromatic N) is 2. The molecule has 1 N–H and O–H groups in total. The zero-order chi connectivity index (χ0) is 14.7. The number of hydrogen-bond acceptors (Lipinski definition) is 4. The Morgan fingerprint density at radius 2 is 2.05 bits per heavy atom. The minimum atomic E-state index is -0.429. The van der Waals surface area contributed by atoms with Gasteiger partial charge in [-0.15, -0.1) is 0 Å². The molecule has 2 heterocycles. The summed E-state index contributed by atoms with van der Waals surface area (Å²) in [6, 6.07) is -0.415. The third-order valence-corrected chi connectivity index (χ3v) is 3.84. The Balaban J connectivity index is 1.85. The van der Waals surface area contributed by atoms with E-state index in [0.29, 0.717) is 19.5 Å². The predicted octanol–water partition coefficient (Wildman–Crippen LogP) is 0.124. The molecule has 0 aromatic carbocycles. The first-order valence-electron chi connectivity index (χ1n) is 7.41. The highest BCUT2D eigenvalue weighted by Gasteiger charge is 2.38. The lowest BCUT2D eigenvalue weighted by molar-refractivity contribution is -0.138. The third-order valence-electron chi connectivity index (χ3n) is 3.84. The van der Waals surface area contributed by atoms with E-state index in [-0.39, 0.29) is 30.2 Å². The van der Waals surface area contributed by atoms with Crippen molar-refractivity contribution >= 4 is 17.7 Å². The van der Waals surface area contributed by atoms with Gasteiger partial charge >= 0.3 is 0 Å². The summed E-state index contributed by atoms with van der Waals surface area (Å²) in [4.78, 5) is 38.6. The summed E-state index contributed by atoms with van der Waals surface area (Å²) < 4.78 is 0. The summed E-state index contributed by atoms with van der Waals surface area (Å²) in [5.74, 6) is -0.0460. The number of hydrogen-bond donors (Lipinski definition) is 1. The lowest BCUT2D eigenvalue weighted by Gasteiger charge is -2.24. The van der Waals surface area contributed by atoms with Crippen molar-refractivity contribution in [2.45, 2.75) is 51.6 Å². The standard InChI is InChI=1S/C14H23N3O3/c1-3-6-17-13(19)8-11(14(17)20)15-10(2)9-16-7-4-5-12(16)18/h10-11,15H,3-9H2,1-2H3. The molecule has 0 aromatic rings. The molecule has 6 heteroatoms. The van der Waals surface area contributed by atoms with E-state index in [1.807, 2.05) is 18.7 Å². The van der Waals surface area contributed by atoms with Crippen molar-refractivity contribution in [3.63, 3.8) is 0 Å². The van der Waals surface area contributed by atoms with Crippen molar-refractivity contribution in [2.75, 3.05) is 19.6 Å². The second-order valence-corrected chi connectivity index (χ2v) is 5.65. The zero-order valence-electron chi connectivity index (χ0n) is 12.2. The van der Waals surface area contributed by atoms with Gasteiger partial charge in [-0.2, -0.15) is 0 Å². The highest BCUT2D eigenvalue weighted by atomic mass is 16.2. The van der Waals surface area contributed by atoms with Crippen LogP contribution >= 0.6 is 0 Å². The summed E-state index contributed by atoms with van der Waals surface area (Å²) in [7, 11) is 0. The number of likely N-dealkylation sites (tertiary alicyclic amines) is 2. The van der Waals surface area contributed by atoms with Gasteiger partial charge < -0.3 is 10.2 Å². The van der Waals surface area contributed by atoms with Crippen molar-refractivity contribution in [3.05, 3.63) is 0 Å². The first-order valence-corrected chi connectivity index (χ1v) is 7.41. The van der Waals surface area contributed by atoms with Crippen LogP contribution in [0.1, 0.15) is 39.5 Å². The molecule has 0 saturated carbocycles. The summed E-state index contributed by atoms with van der Waals surface area (Å²) in [6.45, 7) is 5.79. The normalized spacial score (nSPS) is 24.9. The number of nitrogens with one attached hydrogen (secondary N) is 1. The molecule has 2 fully saturated rings. The lowest BCUT2D eigenvalue weighted by Crippen LogP contribution is -2.47. The first-order chi connectivity index (χ1) is 9.52. The van der Waals surface area contributed by atoms with Gasteiger partial charge in [0.1, 0.15) is 0 Å². The average Bonchev–Trinajstić information content (AvgIpc) is 2.89. The molecule has 20 heavy (non-hydrogen) atoms. The Morgan fingerprint density at radius 1 is 1.30 bits per heavy atom. The van der Waals surface area contributed by atoms with Crippen molar-refractivity contribution in [1.82, 2.24) is 15.1 Å². The Labute approximate surface area is 119 Å². The number of rotatable bonds is 6. The molecule has 6 nitrogen and oxygen atoms in total. The zero-order valence-corrected chi connectivity index (χ0v) is 12.2. The second-order valence-electron chi connectivity index (χ2n) is 5.65. The van der Waals surface area contributed by atoms with E-state index in [1.54, 1.807) is 0 Å². The molecule has 2 unspecified atom stereocenters. The van der Waals surface area contributed by atoms with Crippen molar-refractivity contribution < 1.29 is 14.4 Å². The van der Waals surface area contributed by atoms with Gasteiger partial charge in [0.15, 0.2) is 0 Å². The van der Waals surface area contributed by atoms with Crippen LogP contribution in [0.2, 0.25) is 0 Å². The summed E-state index contributed by atoms with van der Waals surface area (Å²) in [5.41, 5.74) is 0. The fourth-order valence-corrected chi connectivity index (χ4v) is 2.90. The van der Waals surface area contributed by atoms with Gasteiger partial charge in [0.2, 0.25) is 17.7 Å². The molecule has 2 saturated heterocycles. The van der Waals surface area contributed by atoms with E-state index in [0.717, 1.165) is 19.4 Å². The van der Waals surface area contributed by atoms with E-state index in [2.05, 4.69) is 5.32 Å². The van der Waals surface area contributed by atoms with Crippen LogP contribution in [-0.2, 0) is 14.4 Å². The number of imide groups is 1. The molecule has 2 aliphatic rings. The molecule has 2 rings (SSSR count). The Kier molecular flexibility index (Phi) is 4.75. The van der Waals surface area contributed by atoms with E-state index < -0.39 is 6.04 Å². The molecule has 2 atom stereocenters. The summed E-state index contributed by atoms with van der Waals surface area (Å²) in [6.07, 6.45) is 2.55. The van der Waals surface area contributed by atoms with Crippen LogP contribution in [0, 0.1) is 0 Å². The van der Waals surface area contributed by atoms with E-state index in [4.69, 9.17) is 0 Å². The Hall–Kier alpha value is -1.43. The van der Waals surface area contributed by atoms with Gasteiger partial charge in [-0.3, -0.25) is 19.3 Å². The maximum Gasteiger partial charge on any atom is 0.246 e. The molecular formula is C14H23N3O3. The fourth-order valence-electron chi connectivity index (χ4n) is 2.90. The average molecular weight is 281 g/mol. The SMILES string of the molecule is CCCN1C(=O)CC(NC(C)CN2CCCC2=O)C1=O. The summed E-state index contributed by atoms with van der Waals surface area (Å²) in [5, 5.41) is 3.19. The van der Waals surface area contributed by atoms with Crippen molar-refractivity contribution in [3.8, 4) is 0 Å². The topological polar surface area (TPSA) is 69.7 Å². The van der Waals surface area contributed by atoms with Crippen molar-refractivity contribution in [1.29, 1.82) is 0 Å². The number of amides is 3. The lowest BCUT2D eigenvalue weighted by atomic mass is 10.2. The van der Waals surface area contributed by atoms with Gasteiger partial charge in [-0.05, 0) is 19.8 Å². The van der Waals surface area contributed by atoms with Gasteiger partial charge in [0.05, 0.1) is 12.5 Å². The number of carbonyl (C=O) groups is 3. The van der Waals surface area contributed by atoms with Crippen LogP contribution in [0.3, 0.4) is 0 Å². The van der Waals surface area contributed by atoms with Crippen LogP contribution in [0.25, 0.3) is 0 Å². The maximum absolute atomic E-state index is 12.1. The van der Waals surface area contributed by atoms with E-state index in [9.17, 15) is 14.4 Å². The molecule has 0 aromatic heterocycles. The van der Waals surface area contributed by atoms with Gasteiger partial charge in [0.25, 0.3) is 0 Å². The van der Waals surface area contributed by atoms with E-state index >= 15 is 0 Å². The fraction of sp³-hybridized carbons (Fsp3) is 0.786. The predicted molar refractivity (Wildman–Crippen MR) is 73.8 cm³/mol. The van der Waals surface area contributed by atoms with Gasteiger partial charge in [-0.25, -0.2) is 0 Å². The van der Waals surface area contributed by atoms with Crippen molar-refractivity contribution in [2.24, 2.45) is 0 Å². The van der Waals surface area contributed by atoms with Crippen LogP contribution in [-0.4, -0.2) is 59.2 Å². The maximum atomic E-state index is 12.1. The largest absolute Gasteiger partial charge is 0.341 e. The second kappa shape index (κ2) is 6.35. The van der Waals surface area contributed by atoms with Gasteiger partial charge in [0, 0.05) is 32.1 Å². The molecule has 2 aliphatic heterocycles. The van der Waals surface area contributed by atoms with Crippen LogP contribution in [0.4, 0.5) is 0 Å². The minimum absolute atomic E-state index is 0.0142. The van der Waals surface area contributed by atoms with Crippen LogP contribution in [0.15, 0.2) is 0 Å².